The highest BCUT2D eigenvalue weighted by Gasteiger charge is 2.31. The molecule has 0 aromatic carbocycles. The number of rotatable bonds is 2. The number of hydrogen-bond donors (Lipinski definition) is 1. The minimum Gasteiger partial charge on any atom is -0.381 e. The van der Waals surface area contributed by atoms with E-state index < -0.39 is 0 Å². The maximum Gasteiger partial charge on any atom is 0.323 e. The van der Waals surface area contributed by atoms with Crippen molar-refractivity contribution in [1.82, 2.24) is 19.8 Å². The minimum atomic E-state index is -0.0853. The molecule has 7 heteroatoms. The van der Waals surface area contributed by atoms with Gasteiger partial charge < -0.3 is 9.64 Å². The number of hydrogen-bond acceptors (Lipinski definition) is 5. The Hall–Kier alpha value is -1.73. The lowest BCUT2D eigenvalue weighted by Gasteiger charge is -2.44. The molecule has 0 spiro atoms. The molecule has 3 heterocycles. The normalized spacial score (nSPS) is 24.2. The van der Waals surface area contributed by atoms with Gasteiger partial charge in [-0.2, -0.15) is 0 Å². The predicted octanol–water partition coefficient (Wildman–Crippen LogP) is 1.19. The maximum absolute atomic E-state index is 12.4. The van der Waals surface area contributed by atoms with Crippen molar-refractivity contribution in [2.24, 2.45) is 0 Å². The first kappa shape index (κ1) is 15.2. The van der Waals surface area contributed by atoms with Crippen LogP contribution in [0.2, 0.25) is 0 Å². The second-order valence-corrected chi connectivity index (χ2v) is 5.91. The molecule has 0 bridgehead atoms. The number of nitrogens with zero attached hydrogens (tertiary/aromatic N) is 4. The van der Waals surface area contributed by atoms with Crippen LogP contribution in [0, 0.1) is 0 Å². The molecule has 120 valence electrons. The summed E-state index contributed by atoms with van der Waals surface area (Å²) in [7, 11) is 0. The smallest absolute Gasteiger partial charge is 0.323 e. The quantitative estimate of drug-likeness (QED) is 0.889. The zero-order chi connectivity index (χ0) is 15.4. The Kier molecular flexibility index (Phi) is 4.84. The van der Waals surface area contributed by atoms with Crippen molar-refractivity contribution in [2.75, 3.05) is 38.2 Å². The molecule has 2 aliphatic heterocycles. The van der Waals surface area contributed by atoms with Gasteiger partial charge in [0.05, 0.1) is 0 Å². The van der Waals surface area contributed by atoms with E-state index in [1.54, 1.807) is 12.3 Å². The Balaban J connectivity index is 1.54. The number of ether oxygens (including phenoxy) is 1. The Bertz CT molecular complexity index is 492. The number of nitrogens with one attached hydrogen (secondary N) is 1. The van der Waals surface area contributed by atoms with Crippen LogP contribution in [0.3, 0.4) is 0 Å². The standard InChI is InChI=1S/C15H23N5O2/c1-12-10-19(13-3-8-22-9-4-13)6-7-20(12)15(21)18-14-2-5-16-11-17-14/h2,5,11-13H,3-4,6-10H2,1H3,(H,16,17,18,21)/t12-/m1/s1. The molecular formula is C15H23N5O2. The van der Waals surface area contributed by atoms with Gasteiger partial charge in [-0.1, -0.05) is 0 Å². The molecule has 22 heavy (non-hydrogen) atoms. The Labute approximate surface area is 130 Å². The summed E-state index contributed by atoms with van der Waals surface area (Å²) in [6.07, 6.45) is 5.25. The van der Waals surface area contributed by atoms with Crippen molar-refractivity contribution < 1.29 is 9.53 Å². The number of amides is 2. The monoisotopic (exact) mass is 305 g/mol. The van der Waals surface area contributed by atoms with Crippen LogP contribution < -0.4 is 5.32 Å². The van der Waals surface area contributed by atoms with Crippen molar-refractivity contribution in [3.05, 3.63) is 18.6 Å². The molecule has 0 aliphatic carbocycles. The molecule has 1 N–H and O–H groups in total. The van der Waals surface area contributed by atoms with Gasteiger partial charge in [0, 0.05) is 51.1 Å². The van der Waals surface area contributed by atoms with E-state index in [4.69, 9.17) is 4.74 Å². The molecule has 0 radical (unpaired) electrons. The molecule has 1 aromatic heterocycles. The van der Waals surface area contributed by atoms with E-state index in [2.05, 4.69) is 27.1 Å². The first-order valence-electron chi connectivity index (χ1n) is 7.89. The number of piperazine rings is 1. The van der Waals surface area contributed by atoms with Crippen LogP contribution in [0.1, 0.15) is 19.8 Å². The SMILES string of the molecule is C[C@@H]1CN(C2CCOCC2)CCN1C(=O)Nc1ccncn1. The van der Waals surface area contributed by atoms with Crippen molar-refractivity contribution in [3.8, 4) is 0 Å². The van der Waals surface area contributed by atoms with Gasteiger partial charge in [-0.15, -0.1) is 0 Å². The topological polar surface area (TPSA) is 70.6 Å². The average molecular weight is 305 g/mol. The Morgan fingerprint density at radius 2 is 2.18 bits per heavy atom. The number of carbonyl (C=O) groups excluding carboxylic acids is 1. The van der Waals surface area contributed by atoms with E-state index >= 15 is 0 Å². The van der Waals surface area contributed by atoms with Gasteiger partial charge in [-0.05, 0) is 25.8 Å². The van der Waals surface area contributed by atoms with E-state index in [0.29, 0.717) is 11.9 Å². The fourth-order valence-electron chi connectivity index (χ4n) is 3.22. The molecule has 1 aromatic rings. The zero-order valence-corrected chi connectivity index (χ0v) is 12.9. The molecule has 7 nitrogen and oxygen atoms in total. The zero-order valence-electron chi connectivity index (χ0n) is 12.9. The molecule has 3 rings (SSSR count). The van der Waals surface area contributed by atoms with Crippen LogP contribution in [0.25, 0.3) is 0 Å². The van der Waals surface area contributed by atoms with E-state index in [1.165, 1.54) is 6.33 Å². The van der Waals surface area contributed by atoms with E-state index in [9.17, 15) is 4.79 Å². The first-order chi connectivity index (χ1) is 10.7. The third-order valence-electron chi connectivity index (χ3n) is 4.44. The second kappa shape index (κ2) is 7.02. The van der Waals surface area contributed by atoms with E-state index in [0.717, 1.165) is 45.7 Å². The van der Waals surface area contributed by atoms with E-state index in [-0.39, 0.29) is 12.1 Å². The summed E-state index contributed by atoms with van der Waals surface area (Å²) in [4.78, 5) is 24.6. The molecule has 2 saturated heterocycles. The molecule has 2 fully saturated rings. The molecule has 2 aliphatic rings. The fourth-order valence-corrected chi connectivity index (χ4v) is 3.22. The third kappa shape index (κ3) is 3.53. The predicted molar refractivity (Wildman–Crippen MR) is 82.6 cm³/mol. The number of carbonyl (C=O) groups is 1. The van der Waals surface area contributed by atoms with Gasteiger partial charge >= 0.3 is 6.03 Å². The van der Waals surface area contributed by atoms with Gasteiger partial charge in [-0.25, -0.2) is 14.8 Å². The van der Waals surface area contributed by atoms with Gasteiger partial charge in [0.2, 0.25) is 0 Å². The molecular weight excluding hydrogens is 282 g/mol. The third-order valence-corrected chi connectivity index (χ3v) is 4.44. The van der Waals surface area contributed by atoms with Crippen molar-refractivity contribution >= 4 is 11.8 Å². The maximum atomic E-state index is 12.4. The molecule has 0 unspecified atom stereocenters. The highest BCUT2D eigenvalue weighted by Crippen LogP contribution is 2.19. The number of aromatic nitrogens is 2. The largest absolute Gasteiger partial charge is 0.381 e. The van der Waals surface area contributed by atoms with Gasteiger partial charge in [0.25, 0.3) is 0 Å². The summed E-state index contributed by atoms with van der Waals surface area (Å²) < 4.78 is 5.43. The van der Waals surface area contributed by atoms with Crippen LogP contribution >= 0.6 is 0 Å². The summed E-state index contributed by atoms with van der Waals surface area (Å²) in [5, 5.41) is 2.83. The van der Waals surface area contributed by atoms with Gasteiger partial charge in [0.1, 0.15) is 12.1 Å². The Morgan fingerprint density at radius 3 is 2.86 bits per heavy atom. The summed E-state index contributed by atoms with van der Waals surface area (Å²) >= 11 is 0. The lowest BCUT2D eigenvalue weighted by atomic mass is 10.0. The molecule has 1 atom stereocenters. The minimum absolute atomic E-state index is 0.0853. The summed E-state index contributed by atoms with van der Waals surface area (Å²) in [5.41, 5.74) is 0. The molecule has 0 saturated carbocycles. The lowest BCUT2D eigenvalue weighted by Crippen LogP contribution is -2.58. The summed E-state index contributed by atoms with van der Waals surface area (Å²) in [5.74, 6) is 0.541. The van der Waals surface area contributed by atoms with Crippen molar-refractivity contribution in [2.45, 2.75) is 31.8 Å². The Morgan fingerprint density at radius 1 is 1.36 bits per heavy atom. The summed E-state index contributed by atoms with van der Waals surface area (Å²) in [6.45, 7) is 6.40. The van der Waals surface area contributed by atoms with Crippen LogP contribution in [0.4, 0.5) is 10.6 Å². The van der Waals surface area contributed by atoms with Gasteiger partial charge in [-0.3, -0.25) is 10.2 Å². The highest BCUT2D eigenvalue weighted by molar-refractivity contribution is 5.88. The van der Waals surface area contributed by atoms with Crippen LogP contribution in [-0.4, -0.2) is 70.7 Å². The fraction of sp³-hybridized carbons (Fsp3) is 0.667. The van der Waals surface area contributed by atoms with Crippen LogP contribution in [0.5, 0.6) is 0 Å². The lowest BCUT2D eigenvalue weighted by molar-refractivity contribution is 0.00816. The van der Waals surface area contributed by atoms with Gasteiger partial charge in [0.15, 0.2) is 0 Å². The molecule has 2 amide bonds. The highest BCUT2D eigenvalue weighted by atomic mass is 16.5. The first-order valence-corrected chi connectivity index (χ1v) is 7.89. The van der Waals surface area contributed by atoms with Crippen LogP contribution in [-0.2, 0) is 4.74 Å². The summed E-state index contributed by atoms with van der Waals surface area (Å²) in [6, 6.07) is 2.40. The van der Waals surface area contributed by atoms with Crippen molar-refractivity contribution in [1.29, 1.82) is 0 Å². The average Bonchev–Trinajstić information content (AvgIpc) is 2.56. The van der Waals surface area contributed by atoms with Crippen LogP contribution in [0.15, 0.2) is 18.6 Å². The van der Waals surface area contributed by atoms with Crippen molar-refractivity contribution in [3.63, 3.8) is 0 Å². The second-order valence-electron chi connectivity index (χ2n) is 5.91. The number of urea groups is 1. The number of anilines is 1. The van der Waals surface area contributed by atoms with E-state index in [1.807, 2.05) is 4.90 Å².